The van der Waals surface area contributed by atoms with E-state index in [0.29, 0.717) is 25.7 Å². The molecule has 6 atom stereocenters. The van der Waals surface area contributed by atoms with E-state index < -0.39 is 12.2 Å². The van der Waals surface area contributed by atoms with Gasteiger partial charge in [-0.1, -0.05) is 24.3 Å². The van der Waals surface area contributed by atoms with Crippen LogP contribution in [0.3, 0.4) is 0 Å². The van der Waals surface area contributed by atoms with Crippen LogP contribution in [0, 0.1) is 11.8 Å². The van der Waals surface area contributed by atoms with E-state index >= 15 is 0 Å². The summed E-state index contributed by atoms with van der Waals surface area (Å²) in [5.41, 5.74) is 0. The van der Waals surface area contributed by atoms with E-state index in [2.05, 4.69) is 10.8 Å². The molecule has 0 spiro atoms. The van der Waals surface area contributed by atoms with Crippen molar-refractivity contribution < 1.29 is 24.9 Å². The summed E-state index contributed by atoms with van der Waals surface area (Å²) in [4.78, 5) is 11.1. The molecule has 0 bridgehead atoms. The summed E-state index contributed by atoms with van der Waals surface area (Å²) in [6.07, 6.45) is 11.7. The van der Waals surface area contributed by atoms with Crippen LogP contribution in [0.5, 0.6) is 0 Å². The van der Waals surface area contributed by atoms with E-state index in [1.807, 2.05) is 12.2 Å². The zero-order valence-electron chi connectivity index (χ0n) is 16.5. The lowest BCUT2D eigenvalue weighted by Crippen LogP contribution is -2.19. The first kappa shape index (κ1) is 24.2. The summed E-state index contributed by atoms with van der Waals surface area (Å²) in [7, 11) is 1.39. The highest BCUT2D eigenvalue weighted by Gasteiger charge is 2.39. The third-order valence-corrected chi connectivity index (χ3v) is 5.60. The van der Waals surface area contributed by atoms with E-state index in [-0.39, 0.29) is 29.3 Å². The predicted octanol–water partition coefficient (Wildman–Crippen LogP) is 3.35. The van der Waals surface area contributed by atoms with Gasteiger partial charge in [-0.15, -0.1) is 11.6 Å². The van der Waals surface area contributed by atoms with Crippen LogP contribution in [0.4, 0.5) is 0 Å². The zero-order chi connectivity index (χ0) is 20.2. The molecule has 6 heteroatoms. The molecule has 27 heavy (non-hydrogen) atoms. The molecule has 0 aromatic rings. The number of esters is 1. The molecule has 5 nitrogen and oxygen atoms in total. The first-order chi connectivity index (χ1) is 12.8. The number of unbranched alkanes of at least 4 members (excludes halogenated alkanes) is 1. The fourth-order valence-electron chi connectivity index (χ4n) is 3.48. The molecule has 0 aromatic carbocycles. The van der Waals surface area contributed by atoms with E-state index in [0.717, 1.165) is 25.7 Å². The van der Waals surface area contributed by atoms with Crippen LogP contribution in [-0.2, 0) is 9.53 Å². The number of aliphatic hydroxyl groups is 3. The first-order valence-electron chi connectivity index (χ1n) is 9.93. The second kappa shape index (κ2) is 13.3. The van der Waals surface area contributed by atoms with Gasteiger partial charge in [-0.25, -0.2) is 0 Å². The van der Waals surface area contributed by atoms with Gasteiger partial charge in [0.1, 0.15) is 0 Å². The molecule has 3 N–H and O–H groups in total. The van der Waals surface area contributed by atoms with Gasteiger partial charge in [0, 0.05) is 17.7 Å². The highest BCUT2D eigenvalue weighted by Crippen LogP contribution is 2.39. The van der Waals surface area contributed by atoms with Crippen molar-refractivity contribution in [3.05, 3.63) is 24.3 Å². The van der Waals surface area contributed by atoms with E-state index in [1.165, 1.54) is 7.11 Å². The van der Waals surface area contributed by atoms with Gasteiger partial charge in [0.05, 0.1) is 25.4 Å². The molecule has 0 unspecified atom stereocenters. The Bertz CT molecular complexity index is 477. The Kier molecular flexibility index (Phi) is 11.9. The average Bonchev–Trinajstić information content (AvgIpc) is 2.88. The van der Waals surface area contributed by atoms with Crippen molar-refractivity contribution in [2.45, 2.75) is 82.0 Å². The third-order valence-electron chi connectivity index (χ3n) is 5.10. The monoisotopic (exact) mass is 402 g/mol. The molecule has 0 radical (unpaired) electrons. The summed E-state index contributed by atoms with van der Waals surface area (Å²) in [6.45, 7) is 1.74. The fraction of sp³-hybridized carbons (Fsp3) is 0.762. The number of ether oxygens (including phenoxy) is 1. The fourth-order valence-corrected chi connectivity index (χ4v) is 3.93. The van der Waals surface area contributed by atoms with Crippen molar-refractivity contribution >= 4 is 17.6 Å². The second-order valence-corrected chi connectivity index (χ2v) is 8.03. The van der Waals surface area contributed by atoms with Crippen LogP contribution in [0.1, 0.15) is 58.3 Å². The Labute approximate surface area is 168 Å². The maximum absolute atomic E-state index is 11.1. The minimum Gasteiger partial charge on any atom is -0.469 e. The SMILES string of the molecule is COC(=O)CCCC=CC[C@@H]1[C@@H](C=C[C@@H](O)CCC[C@@H](C)O)[C@H](O)C[C@H]1Cl. The maximum Gasteiger partial charge on any atom is 0.305 e. The number of aliphatic hydroxyl groups excluding tert-OH is 3. The van der Waals surface area contributed by atoms with Gasteiger partial charge in [-0.05, 0) is 57.8 Å². The van der Waals surface area contributed by atoms with Crippen LogP contribution in [0.2, 0.25) is 0 Å². The molecule has 0 saturated heterocycles. The highest BCUT2D eigenvalue weighted by molar-refractivity contribution is 6.21. The van der Waals surface area contributed by atoms with Gasteiger partial charge in [0.15, 0.2) is 0 Å². The molecule has 1 rings (SSSR count). The summed E-state index contributed by atoms with van der Waals surface area (Å²) >= 11 is 6.42. The average molecular weight is 403 g/mol. The zero-order valence-corrected chi connectivity index (χ0v) is 17.2. The topological polar surface area (TPSA) is 87.0 Å². The highest BCUT2D eigenvalue weighted by atomic mass is 35.5. The number of carbonyl (C=O) groups excluding carboxylic acids is 1. The number of methoxy groups -OCH3 is 1. The Morgan fingerprint density at radius 1 is 1.26 bits per heavy atom. The van der Waals surface area contributed by atoms with Crippen molar-refractivity contribution in [1.29, 1.82) is 0 Å². The third kappa shape index (κ3) is 9.74. The van der Waals surface area contributed by atoms with E-state index in [9.17, 15) is 20.1 Å². The molecule has 1 aliphatic rings. The second-order valence-electron chi connectivity index (χ2n) is 7.47. The molecule has 0 aromatic heterocycles. The smallest absolute Gasteiger partial charge is 0.305 e. The standard InChI is InChI=1S/C21H35ClO5/c1-15(23)8-7-9-16(24)12-13-18-17(19(22)14-20(18)25)10-5-3-4-6-11-21(26)27-2/h3,5,12-13,15-20,23-25H,4,6-11,14H2,1-2H3/t15-,16+,17-,18-,19-,20-/m1/s1. The Morgan fingerprint density at radius 3 is 2.67 bits per heavy atom. The van der Waals surface area contributed by atoms with Gasteiger partial charge in [-0.2, -0.15) is 0 Å². The minimum atomic E-state index is -0.570. The van der Waals surface area contributed by atoms with Gasteiger partial charge in [0.25, 0.3) is 0 Å². The maximum atomic E-state index is 11.1. The van der Waals surface area contributed by atoms with Crippen molar-refractivity contribution in [1.82, 2.24) is 0 Å². The van der Waals surface area contributed by atoms with Gasteiger partial charge < -0.3 is 20.1 Å². The molecule has 0 aliphatic heterocycles. The lowest BCUT2D eigenvalue weighted by Gasteiger charge is -2.19. The normalized spacial score (nSPS) is 28.1. The summed E-state index contributed by atoms with van der Waals surface area (Å²) in [5.74, 6) is -0.140. The Hall–Kier alpha value is -0.880. The first-order valence-corrected chi connectivity index (χ1v) is 10.4. The summed E-state index contributed by atoms with van der Waals surface area (Å²) in [6, 6.07) is 0. The number of carbonyl (C=O) groups is 1. The van der Waals surface area contributed by atoms with E-state index in [4.69, 9.17) is 11.6 Å². The van der Waals surface area contributed by atoms with Crippen LogP contribution >= 0.6 is 11.6 Å². The van der Waals surface area contributed by atoms with Crippen molar-refractivity contribution in [2.24, 2.45) is 11.8 Å². The molecule has 156 valence electrons. The molecule has 0 heterocycles. The lowest BCUT2D eigenvalue weighted by atomic mass is 9.90. The quantitative estimate of drug-likeness (QED) is 0.202. The number of hydrogen-bond acceptors (Lipinski definition) is 5. The predicted molar refractivity (Wildman–Crippen MR) is 108 cm³/mol. The number of alkyl halides is 1. The molecule has 1 aliphatic carbocycles. The van der Waals surface area contributed by atoms with Gasteiger partial charge in [-0.3, -0.25) is 4.79 Å². The Balaban J connectivity index is 2.44. The van der Waals surface area contributed by atoms with Crippen LogP contribution < -0.4 is 0 Å². The minimum absolute atomic E-state index is 0.0707. The number of hydrogen-bond donors (Lipinski definition) is 3. The van der Waals surface area contributed by atoms with Crippen molar-refractivity contribution in [3.8, 4) is 0 Å². The number of halogens is 1. The largest absolute Gasteiger partial charge is 0.469 e. The van der Waals surface area contributed by atoms with Crippen LogP contribution in [0.25, 0.3) is 0 Å². The summed E-state index contributed by atoms with van der Waals surface area (Å²) < 4.78 is 4.61. The van der Waals surface area contributed by atoms with Crippen LogP contribution in [0.15, 0.2) is 24.3 Å². The van der Waals surface area contributed by atoms with Crippen LogP contribution in [-0.4, -0.2) is 52.1 Å². The van der Waals surface area contributed by atoms with Gasteiger partial charge in [0.2, 0.25) is 0 Å². The molecule has 1 fully saturated rings. The molecular weight excluding hydrogens is 368 g/mol. The molecule has 0 amide bonds. The van der Waals surface area contributed by atoms with E-state index in [1.54, 1.807) is 13.0 Å². The summed E-state index contributed by atoms with van der Waals surface area (Å²) in [5, 5.41) is 29.5. The number of allylic oxidation sites excluding steroid dienone is 2. The molecular formula is C21H35ClO5. The number of rotatable bonds is 12. The lowest BCUT2D eigenvalue weighted by molar-refractivity contribution is -0.140. The van der Waals surface area contributed by atoms with Crippen molar-refractivity contribution in [2.75, 3.05) is 7.11 Å². The van der Waals surface area contributed by atoms with Gasteiger partial charge >= 0.3 is 5.97 Å². The van der Waals surface area contributed by atoms with Crippen molar-refractivity contribution in [3.63, 3.8) is 0 Å². The Morgan fingerprint density at radius 2 is 2.00 bits per heavy atom. The molecule has 1 saturated carbocycles.